The third-order valence-corrected chi connectivity index (χ3v) is 5.71. The van der Waals surface area contributed by atoms with Crippen molar-refractivity contribution < 1.29 is 9.18 Å². The van der Waals surface area contributed by atoms with Gasteiger partial charge in [-0.25, -0.2) is 4.39 Å². The summed E-state index contributed by atoms with van der Waals surface area (Å²) in [6, 6.07) is 18.6. The van der Waals surface area contributed by atoms with Gasteiger partial charge >= 0.3 is 0 Å². The molecule has 1 amide bonds. The molecule has 3 aromatic rings. The molecular formula is C24H25FN2O. The summed E-state index contributed by atoms with van der Waals surface area (Å²) in [6.45, 7) is 2.73. The molecule has 0 radical (unpaired) electrons. The SMILES string of the molecule is CCC(=O)N1CCC(Cc2ccc(-c3cnc4ccccc4c3)cc2)C(F)C1. The molecule has 0 N–H and O–H groups in total. The molecule has 0 aliphatic carbocycles. The number of halogens is 1. The Hall–Kier alpha value is -2.75. The molecule has 1 aliphatic rings. The third kappa shape index (κ3) is 3.91. The van der Waals surface area contributed by atoms with E-state index in [1.807, 2.05) is 31.3 Å². The molecule has 2 atom stereocenters. The van der Waals surface area contributed by atoms with Crippen molar-refractivity contribution in [1.82, 2.24) is 9.88 Å². The first-order valence-corrected chi connectivity index (χ1v) is 10.00. The fourth-order valence-corrected chi connectivity index (χ4v) is 4.00. The number of pyridine rings is 1. The fourth-order valence-electron chi connectivity index (χ4n) is 4.00. The van der Waals surface area contributed by atoms with Crippen molar-refractivity contribution in [2.45, 2.75) is 32.4 Å². The van der Waals surface area contributed by atoms with Gasteiger partial charge < -0.3 is 4.90 Å². The van der Waals surface area contributed by atoms with E-state index < -0.39 is 6.17 Å². The number of aromatic nitrogens is 1. The predicted molar refractivity (Wildman–Crippen MR) is 111 cm³/mol. The Morgan fingerprint density at radius 3 is 2.68 bits per heavy atom. The van der Waals surface area contributed by atoms with E-state index in [0.29, 0.717) is 19.4 Å². The number of alkyl halides is 1. The van der Waals surface area contributed by atoms with Crippen molar-refractivity contribution in [3.05, 3.63) is 66.4 Å². The summed E-state index contributed by atoms with van der Waals surface area (Å²) in [6.07, 6.45) is 2.83. The summed E-state index contributed by atoms with van der Waals surface area (Å²) in [5.41, 5.74) is 4.33. The lowest BCUT2D eigenvalue weighted by atomic mass is 9.88. The smallest absolute Gasteiger partial charge is 0.222 e. The lowest BCUT2D eigenvalue weighted by molar-refractivity contribution is -0.133. The molecule has 4 rings (SSSR count). The zero-order chi connectivity index (χ0) is 19.5. The Labute approximate surface area is 165 Å². The molecule has 2 unspecified atom stereocenters. The molecule has 0 bridgehead atoms. The van der Waals surface area contributed by atoms with Gasteiger partial charge in [0.2, 0.25) is 5.91 Å². The Morgan fingerprint density at radius 1 is 1.14 bits per heavy atom. The maximum absolute atomic E-state index is 14.6. The van der Waals surface area contributed by atoms with Crippen molar-refractivity contribution in [2.24, 2.45) is 5.92 Å². The van der Waals surface area contributed by atoms with Gasteiger partial charge in [-0.1, -0.05) is 49.4 Å². The van der Waals surface area contributed by atoms with E-state index in [2.05, 4.69) is 41.4 Å². The monoisotopic (exact) mass is 376 g/mol. The zero-order valence-electron chi connectivity index (χ0n) is 16.1. The number of fused-ring (bicyclic) bond motifs is 1. The van der Waals surface area contributed by atoms with E-state index in [1.54, 1.807) is 4.90 Å². The number of hydrogen-bond acceptors (Lipinski definition) is 2. The number of rotatable bonds is 4. The van der Waals surface area contributed by atoms with Gasteiger partial charge in [-0.3, -0.25) is 9.78 Å². The highest BCUT2D eigenvalue weighted by atomic mass is 19.1. The summed E-state index contributed by atoms with van der Waals surface area (Å²) in [5, 5.41) is 1.12. The van der Waals surface area contributed by atoms with Gasteiger partial charge in [0.25, 0.3) is 0 Å². The Bertz CT molecular complexity index is 970. The first-order valence-electron chi connectivity index (χ1n) is 10.00. The molecule has 3 nitrogen and oxygen atoms in total. The van der Waals surface area contributed by atoms with Gasteiger partial charge in [-0.15, -0.1) is 0 Å². The second-order valence-corrected chi connectivity index (χ2v) is 7.58. The van der Waals surface area contributed by atoms with Crippen LogP contribution in [0, 0.1) is 5.92 Å². The normalized spacial score (nSPS) is 19.7. The molecule has 1 fully saturated rings. The maximum Gasteiger partial charge on any atom is 0.222 e. The van der Waals surface area contributed by atoms with Crippen LogP contribution in [0.3, 0.4) is 0 Å². The standard InChI is InChI=1S/C24H25FN2O/c1-2-24(28)27-12-11-19(22(25)16-27)13-17-7-9-18(10-8-17)21-14-20-5-3-4-6-23(20)26-15-21/h3-10,14-15,19,22H,2,11-13,16H2,1H3. The Morgan fingerprint density at radius 2 is 1.93 bits per heavy atom. The summed E-state index contributed by atoms with van der Waals surface area (Å²) in [7, 11) is 0. The van der Waals surface area contributed by atoms with Crippen LogP contribution in [0.1, 0.15) is 25.3 Å². The second-order valence-electron chi connectivity index (χ2n) is 7.58. The van der Waals surface area contributed by atoms with Crippen molar-refractivity contribution in [3.63, 3.8) is 0 Å². The first kappa shape index (κ1) is 18.6. The minimum absolute atomic E-state index is 0.0194. The minimum Gasteiger partial charge on any atom is -0.340 e. The van der Waals surface area contributed by atoms with Crippen LogP contribution in [0.25, 0.3) is 22.0 Å². The number of carbonyl (C=O) groups excluding carboxylic acids is 1. The summed E-state index contributed by atoms with van der Waals surface area (Å²) >= 11 is 0. The second kappa shape index (κ2) is 8.09. The van der Waals surface area contributed by atoms with Crippen molar-refractivity contribution >= 4 is 16.8 Å². The quantitative estimate of drug-likeness (QED) is 0.639. The van der Waals surface area contributed by atoms with E-state index >= 15 is 0 Å². The van der Waals surface area contributed by atoms with Gasteiger partial charge in [0, 0.05) is 30.1 Å². The number of nitrogens with zero attached hydrogens (tertiary/aromatic N) is 2. The lowest BCUT2D eigenvalue weighted by Gasteiger charge is -2.34. The number of benzene rings is 2. The molecule has 28 heavy (non-hydrogen) atoms. The zero-order valence-corrected chi connectivity index (χ0v) is 16.1. The van der Waals surface area contributed by atoms with Gasteiger partial charge in [-0.05, 0) is 42.0 Å². The molecular weight excluding hydrogens is 351 g/mol. The average molecular weight is 376 g/mol. The summed E-state index contributed by atoms with van der Waals surface area (Å²) < 4.78 is 14.6. The van der Waals surface area contributed by atoms with Crippen LogP contribution in [0.2, 0.25) is 0 Å². The van der Waals surface area contributed by atoms with Crippen LogP contribution in [0.4, 0.5) is 4.39 Å². The number of piperidine rings is 1. The van der Waals surface area contributed by atoms with Crippen molar-refractivity contribution in [2.75, 3.05) is 13.1 Å². The van der Waals surface area contributed by atoms with Crippen LogP contribution in [0.15, 0.2) is 60.8 Å². The lowest BCUT2D eigenvalue weighted by Crippen LogP contribution is -2.45. The van der Waals surface area contributed by atoms with E-state index in [1.165, 1.54) is 0 Å². The summed E-state index contributed by atoms with van der Waals surface area (Å²) in [4.78, 5) is 18.0. The number of amides is 1. The van der Waals surface area contributed by atoms with Crippen LogP contribution in [-0.4, -0.2) is 35.1 Å². The molecule has 4 heteroatoms. The van der Waals surface area contributed by atoms with Crippen LogP contribution < -0.4 is 0 Å². The van der Waals surface area contributed by atoms with Gasteiger partial charge in [-0.2, -0.15) is 0 Å². The number of hydrogen-bond donors (Lipinski definition) is 0. The topological polar surface area (TPSA) is 33.2 Å². The van der Waals surface area contributed by atoms with Crippen LogP contribution in [-0.2, 0) is 11.2 Å². The molecule has 144 valence electrons. The van der Waals surface area contributed by atoms with Crippen LogP contribution in [0.5, 0.6) is 0 Å². The molecule has 1 aliphatic heterocycles. The molecule has 2 heterocycles. The number of carbonyl (C=O) groups is 1. The van der Waals surface area contributed by atoms with Crippen molar-refractivity contribution in [1.29, 1.82) is 0 Å². The fraction of sp³-hybridized carbons (Fsp3) is 0.333. The van der Waals surface area contributed by atoms with Gasteiger partial charge in [0.1, 0.15) is 6.17 Å². The van der Waals surface area contributed by atoms with Crippen LogP contribution >= 0.6 is 0 Å². The maximum atomic E-state index is 14.6. The molecule has 2 aromatic carbocycles. The van der Waals surface area contributed by atoms with E-state index in [-0.39, 0.29) is 18.4 Å². The van der Waals surface area contributed by atoms with Gasteiger partial charge in [0.15, 0.2) is 0 Å². The van der Waals surface area contributed by atoms with Gasteiger partial charge in [0.05, 0.1) is 12.1 Å². The molecule has 1 saturated heterocycles. The van der Waals surface area contributed by atoms with Crippen molar-refractivity contribution in [3.8, 4) is 11.1 Å². The van der Waals surface area contributed by atoms with E-state index in [9.17, 15) is 9.18 Å². The number of likely N-dealkylation sites (tertiary alicyclic amines) is 1. The highest BCUT2D eigenvalue weighted by Crippen LogP contribution is 2.27. The predicted octanol–water partition coefficient (Wildman–Crippen LogP) is 5.04. The largest absolute Gasteiger partial charge is 0.340 e. The molecule has 1 aromatic heterocycles. The minimum atomic E-state index is -0.950. The Balaban J connectivity index is 1.44. The average Bonchev–Trinajstić information content (AvgIpc) is 2.74. The highest BCUT2D eigenvalue weighted by molar-refractivity contribution is 5.83. The highest BCUT2D eigenvalue weighted by Gasteiger charge is 2.30. The van der Waals surface area contributed by atoms with E-state index in [0.717, 1.165) is 34.0 Å². The molecule has 0 spiro atoms. The Kier molecular flexibility index (Phi) is 5.38. The molecule has 0 saturated carbocycles. The number of para-hydroxylation sites is 1. The summed E-state index contributed by atoms with van der Waals surface area (Å²) in [5.74, 6) is 0.0311. The van der Waals surface area contributed by atoms with E-state index in [4.69, 9.17) is 0 Å². The first-order chi connectivity index (χ1) is 13.6. The third-order valence-electron chi connectivity index (χ3n) is 5.71.